The molecule has 1 amide bonds. The van der Waals surface area contributed by atoms with Crippen LogP contribution >= 0.6 is 27.5 Å². The van der Waals surface area contributed by atoms with E-state index >= 15 is 0 Å². The van der Waals surface area contributed by atoms with Crippen LogP contribution in [0.1, 0.15) is 21.5 Å². The number of carbonyl (C=O) groups excluding carboxylic acids is 1. The summed E-state index contributed by atoms with van der Waals surface area (Å²) >= 11 is 9.51. The van der Waals surface area contributed by atoms with Crippen molar-refractivity contribution in [2.75, 3.05) is 5.32 Å². The lowest BCUT2D eigenvalue weighted by Gasteiger charge is -2.09. The molecule has 104 valence electrons. The van der Waals surface area contributed by atoms with Gasteiger partial charge in [-0.05, 0) is 42.3 Å². The lowest BCUT2D eigenvalue weighted by atomic mass is 10.1. The number of hydrogen-bond acceptors (Lipinski definition) is 2. The number of aryl methyl sites for hydroxylation is 1. The molecular weight excluding hydrogens is 340 g/mol. The Kier molecular flexibility index (Phi) is 4.68. The molecule has 0 bridgehead atoms. The second kappa shape index (κ2) is 6.29. The number of anilines is 1. The van der Waals surface area contributed by atoms with Crippen molar-refractivity contribution in [3.05, 3.63) is 62.6 Å². The summed E-state index contributed by atoms with van der Waals surface area (Å²) in [5.41, 5.74) is 8.73. The maximum absolute atomic E-state index is 11.1. The average molecular weight is 354 g/mol. The first kappa shape index (κ1) is 14.9. The van der Waals surface area contributed by atoms with Gasteiger partial charge in [0.25, 0.3) is 0 Å². The number of rotatable bonds is 4. The van der Waals surface area contributed by atoms with Crippen molar-refractivity contribution in [1.82, 2.24) is 0 Å². The minimum atomic E-state index is -0.524. The third-order valence-electron chi connectivity index (χ3n) is 2.97. The largest absolute Gasteiger partial charge is 0.381 e. The fraction of sp³-hybridized carbons (Fsp3) is 0.133. The molecule has 0 aliphatic heterocycles. The summed E-state index contributed by atoms with van der Waals surface area (Å²) in [6.07, 6.45) is 0. The van der Waals surface area contributed by atoms with E-state index < -0.39 is 5.91 Å². The molecule has 20 heavy (non-hydrogen) atoms. The van der Waals surface area contributed by atoms with Gasteiger partial charge in [0.15, 0.2) is 0 Å². The van der Waals surface area contributed by atoms with Crippen LogP contribution in [0.2, 0.25) is 5.02 Å². The number of hydrogen-bond donors (Lipinski definition) is 2. The molecular formula is C15H14BrClN2O. The fourth-order valence-corrected chi connectivity index (χ4v) is 2.48. The second-order valence-electron chi connectivity index (χ2n) is 4.50. The van der Waals surface area contributed by atoms with Crippen molar-refractivity contribution in [3.8, 4) is 0 Å². The first-order chi connectivity index (χ1) is 9.47. The molecule has 0 aromatic heterocycles. The van der Waals surface area contributed by atoms with E-state index in [0.29, 0.717) is 17.1 Å². The van der Waals surface area contributed by atoms with Gasteiger partial charge >= 0.3 is 0 Å². The van der Waals surface area contributed by atoms with E-state index in [9.17, 15) is 4.79 Å². The Bertz CT molecular complexity index is 658. The maximum Gasteiger partial charge on any atom is 0.250 e. The van der Waals surface area contributed by atoms with Gasteiger partial charge in [0.1, 0.15) is 0 Å². The van der Waals surface area contributed by atoms with Crippen molar-refractivity contribution in [3.63, 3.8) is 0 Å². The highest BCUT2D eigenvalue weighted by molar-refractivity contribution is 9.10. The summed E-state index contributed by atoms with van der Waals surface area (Å²) in [6, 6.07) is 11.3. The molecule has 0 radical (unpaired) electrons. The Morgan fingerprint density at radius 3 is 2.65 bits per heavy atom. The molecule has 0 fully saturated rings. The van der Waals surface area contributed by atoms with Gasteiger partial charge in [0.2, 0.25) is 5.91 Å². The van der Waals surface area contributed by atoms with E-state index in [0.717, 1.165) is 15.7 Å². The molecule has 0 aliphatic carbocycles. The van der Waals surface area contributed by atoms with E-state index in [1.54, 1.807) is 18.2 Å². The van der Waals surface area contributed by atoms with E-state index in [2.05, 4.69) is 39.4 Å². The number of benzene rings is 2. The Morgan fingerprint density at radius 1 is 1.30 bits per heavy atom. The summed E-state index contributed by atoms with van der Waals surface area (Å²) < 4.78 is 1.08. The number of nitrogens with one attached hydrogen (secondary N) is 1. The van der Waals surface area contributed by atoms with Crippen molar-refractivity contribution in [2.24, 2.45) is 5.73 Å². The topological polar surface area (TPSA) is 55.1 Å². The molecule has 2 aromatic rings. The average Bonchev–Trinajstić information content (AvgIpc) is 2.40. The van der Waals surface area contributed by atoms with Crippen LogP contribution in [-0.2, 0) is 6.54 Å². The first-order valence-electron chi connectivity index (χ1n) is 6.05. The van der Waals surface area contributed by atoms with Crippen molar-refractivity contribution in [2.45, 2.75) is 13.5 Å². The molecule has 0 heterocycles. The van der Waals surface area contributed by atoms with Gasteiger partial charge in [-0.3, -0.25) is 4.79 Å². The highest BCUT2D eigenvalue weighted by Gasteiger charge is 2.07. The highest BCUT2D eigenvalue weighted by atomic mass is 79.9. The number of nitrogens with two attached hydrogens (primary N) is 1. The normalized spacial score (nSPS) is 10.3. The SMILES string of the molecule is Cc1ccc(CNc2ccc(C(N)=O)c(Cl)c2)cc1Br. The number of halogens is 2. The van der Waals surface area contributed by atoms with Gasteiger partial charge in [0, 0.05) is 16.7 Å². The van der Waals surface area contributed by atoms with Gasteiger partial charge in [-0.25, -0.2) is 0 Å². The lowest BCUT2D eigenvalue weighted by molar-refractivity contribution is 0.100. The van der Waals surface area contributed by atoms with E-state index in [-0.39, 0.29) is 0 Å². The summed E-state index contributed by atoms with van der Waals surface area (Å²) in [5, 5.41) is 3.61. The van der Waals surface area contributed by atoms with Crippen molar-refractivity contribution >= 4 is 39.1 Å². The predicted molar refractivity (Wildman–Crippen MR) is 86.2 cm³/mol. The smallest absolute Gasteiger partial charge is 0.250 e. The van der Waals surface area contributed by atoms with Crippen molar-refractivity contribution < 1.29 is 4.79 Å². The molecule has 3 nitrogen and oxygen atoms in total. The van der Waals surface area contributed by atoms with Gasteiger partial charge in [-0.15, -0.1) is 0 Å². The fourth-order valence-electron chi connectivity index (χ4n) is 1.78. The summed E-state index contributed by atoms with van der Waals surface area (Å²) in [6.45, 7) is 2.72. The molecule has 0 saturated carbocycles. The van der Waals surface area contributed by atoms with Crippen LogP contribution in [0, 0.1) is 6.92 Å². The van der Waals surface area contributed by atoms with Crippen LogP contribution in [0.4, 0.5) is 5.69 Å². The summed E-state index contributed by atoms with van der Waals surface area (Å²) in [7, 11) is 0. The summed E-state index contributed by atoms with van der Waals surface area (Å²) in [4.78, 5) is 11.1. The van der Waals surface area contributed by atoms with Crippen LogP contribution in [0.5, 0.6) is 0 Å². The monoisotopic (exact) mass is 352 g/mol. The molecule has 2 rings (SSSR count). The Hall–Kier alpha value is -1.52. The quantitative estimate of drug-likeness (QED) is 0.868. The van der Waals surface area contributed by atoms with Crippen LogP contribution in [0.25, 0.3) is 0 Å². The Labute approximate surface area is 131 Å². The van der Waals surface area contributed by atoms with Gasteiger partial charge in [-0.2, -0.15) is 0 Å². The zero-order valence-corrected chi connectivity index (χ0v) is 13.3. The van der Waals surface area contributed by atoms with Gasteiger partial charge in [-0.1, -0.05) is 39.7 Å². The minimum absolute atomic E-state index is 0.329. The van der Waals surface area contributed by atoms with E-state index in [1.165, 1.54) is 5.56 Å². The molecule has 0 atom stereocenters. The number of carbonyl (C=O) groups is 1. The molecule has 5 heteroatoms. The zero-order chi connectivity index (χ0) is 14.7. The molecule has 0 saturated heterocycles. The lowest BCUT2D eigenvalue weighted by Crippen LogP contribution is -2.11. The second-order valence-corrected chi connectivity index (χ2v) is 5.76. The van der Waals surface area contributed by atoms with Crippen LogP contribution in [-0.4, -0.2) is 5.91 Å². The first-order valence-corrected chi connectivity index (χ1v) is 7.22. The standard InChI is InChI=1S/C15H14BrClN2O/c1-9-2-3-10(6-13(9)16)8-19-11-4-5-12(15(18)20)14(17)7-11/h2-7,19H,8H2,1H3,(H2,18,20). The number of amides is 1. The van der Waals surface area contributed by atoms with Crippen LogP contribution < -0.4 is 11.1 Å². The maximum atomic E-state index is 11.1. The highest BCUT2D eigenvalue weighted by Crippen LogP contribution is 2.22. The molecule has 0 unspecified atom stereocenters. The zero-order valence-electron chi connectivity index (χ0n) is 10.9. The predicted octanol–water partition coefficient (Wildman–Crippen LogP) is 4.12. The third-order valence-corrected chi connectivity index (χ3v) is 4.13. The van der Waals surface area contributed by atoms with E-state index in [4.69, 9.17) is 17.3 Å². The Balaban J connectivity index is 2.09. The van der Waals surface area contributed by atoms with Gasteiger partial charge < -0.3 is 11.1 Å². The third kappa shape index (κ3) is 3.52. The molecule has 0 aliphatic rings. The van der Waals surface area contributed by atoms with Crippen LogP contribution in [0.15, 0.2) is 40.9 Å². The van der Waals surface area contributed by atoms with Crippen molar-refractivity contribution in [1.29, 1.82) is 0 Å². The summed E-state index contributed by atoms with van der Waals surface area (Å²) in [5.74, 6) is -0.524. The van der Waals surface area contributed by atoms with Gasteiger partial charge in [0.05, 0.1) is 10.6 Å². The molecule has 3 N–H and O–H groups in total. The van der Waals surface area contributed by atoms with Crippen LogP contribution in [0.3, 0.4) is 0 Å². The minimum Gasteiger partial charge on any atom is -0.381 e. The number of primary amides is 1. The van der Waals surface area contributed by atoms with E-state index in [1.807, 2.05) is 6.92 Å². The Morgan fingerprint density at radius 2 is 2.05 bits per heavy atom. The molecule has 2 aromatic carbocycles. The molecule has 0 spiro atoms.